The van der Waals surface area contributed by atoms with Crippen LogP contribution in [0.1, 0.15) is 44.2 Å². The Kier molecular flexibility index (Phi) is 7.78. The summed E-state index contributed by atoms with van der Waals surface area (Å²) in [5, 5.41) is 18.1. The van der Waals surface area contributed by atoms with Crippen molar-refractivity contribution >= 4 is 16.9 Å². The molecule has 3 aromatic rings. The molecule has 0 aliphatic heterocycles. The van der Waals surface area contributed by atoms with E-state index in [0.717, 1.165) is 28.0 Å². The summed E-state index contributed by atoms with van der Waals surface area (Å²) in [6.45, 7) is 7.44. The largest absolute Gasteiger partial charge is 0.497 e. The molecule has 0 fully saturated rings. The van der Waals surface area contributed by atoms with Gasteiger partial charge in [-0.25, -0.2) is 0 Å². The number of aliphatic imine (C=N–C) groups is 1. The highest BCUT2D eigenvalue weighted by Crippen LogP contribution is 2.31. The summed E-state index contributed by atoms with van der Waals surface area (Å²) in [5.41, 5.74) is 1.50. The van der Waals surface area contributed by atoms with Gasteiger partial charge in [0.05, 0.1) is 32.4 Å². The Hall–Kier alpha value is -3.19. The van der Waals surface area contributed by atoms with Crippen molar-refractivity contribution in [3.05, 3.63) is 59.9 Å². The monoisotopic (exact) mass is 425 g/mol. The van der Waals surface area contributed by atoms with Crippen LogP contribution in [0.25, 0.3) is 11.0 Å². The summed E-state index contributed by atoms with van der Waals surface area (Å²) >= 11 is 0. The van der Waals surface area contributed by atoms with Gasteiger partial charge >= 0.3 is 0 Å². The molecule has 0 aliphatic rings. The number of methoxy groups -OCH3 is 1. The Bertz CT molecular complexity index is 1010. The Balaban J connectivity index is 1.72. The van der Waals surface area contributed by atoms with Crippen molar-refractivity contribution in [3.63, 3.8) is 0 Å². The number of hydrogen-bond donors (Lipinski definition) is 3. The summed E-state index contributed by atoms with van der Waals surface area (Å²) < 4.78 is 17.0. The Morgan fingerprint density at radius 1 is 1.16 bits per heavy atom. The lowest BCUT2D eigenvalue weighted by Crippen LogP contribution is -2.39. The number of hydrogen-bond acceptors (Lipinski definition) is 5. The Labute approximate surface area is 183 Å². The number of ether oxygens (including phenoxy) is 2. The van der Waals surface area contributed by atoms with Gasteiger partial charge in [-0.2, -0.15) is 0 Å². The molecule has 2 atom stereocenters. The number of para-hydroxylation sites is 1. The lowest BCUT2D eigenvalue weighted by Gasteiger charge is -2.17. The Morgan fingerprint density at radius 2 is 1.97 bits per heavy atom. The zero-order valence-electron chi connectivity index (χ0n) is 18.5. The number of fused-ring (bicyclic) bond motifs is 1. The van der Waals surface area contributed by atoms with Crippen LogP contribution in [0.3, 0.4) is 0 Å². The molecule has 2 aromatic carbocycles. The topological polar surface area (TPSA) is 88.3 Å². The fourth-order valence-corrected chi connectivity index (χ4v) is 3.27. The summed E-state index contributed by atoms with van der Waals surface area (Å²) in [7, 11) is 1.60. The number of aliphatic hydroxyl groups is 1. The Morgan fingerprint density at radius 3 is 2.71 bits per heavy atom. The highest BCUT2D eigenvalue weighted by atomic mass is 16.5. The molecular formula is C24H31N3O4. The molecule has 0 saturated heterocycles. The van der Waals surface area contributed by atoms with Crippen LogP contribution in [-0.4, -0.2) is 37.9 Å². The molecule has 3 rings (SSSR count). The number of benzene rings is 2. The summed E-state index contributed by atoms with van der Waals surface area (Å²) in [5.74, 6) is 2.82. The minimum absolute atomic E-state index is 0.131. The third-order valence-corrected chi connectivity index (χ3v) is 4.85. The van der Waals surface area contributed by atoms with Gasteiger partial charge in [-0.05, 0) is 50.6 Å². The highest BCUT2D eigenvalue weighted by Gasteiger charge is 2.16. The van der Waals surface area contributed by atoms with Crippen LogP contribution in [0.5, 0.6) is 11.5 Å². The predicted molar refractivity (Wildman–Crippen MR) is 123 cm³/mol. The molecule has 166 valence electrons. The molecule has 7 heteroatoms. The van der Waals surface area contributed by atoms with Crippen LogP contribution >= 0.6 is 0 Å². The second-order valence-corrected chi connectivity index (χ2v) is 7.13. The minimum atomic E-state index is -0.735. The predicted octanol–water partition coefficient (Wildman–Crippen LogP) is 4.19. The normalized spacial score (nSPS) is 13.6. The van der Waals surface area contributed by atoms with Gasteiger partial charge in [-0.3, -0.25) is 4.99 Å². The second kappa shape index (κ2) is 10.7. The molecule has 0 radical (unpaired) electrons. The first kappa shape index (κ1) is 22.5. The minimum Gasteiger partial charge on any atom is -0.497 e. The molecule has 3 N–H and O–H groups in total. The third-order valence-electron chi connectivity index (χ3n) is 4.85. The maximum atomic E-state index is 10.5. The first-order valence-electron chi connectivity index (χ1n) is 10.6. The van der Waals surface area contributed by atoms with Crippen molar-refractivity contribution in [2.24, 2.45) is 4.99 Å². The summed E-state index contributed by atoms with van der Waals surface area (Å²) in [4.78, 5) is 4.55. The average Bonchev–Trinajstić information content (AvgIpc) is 3.23. The van der Waals surface area contributed by atoms with Gasteiger partial charge in [0.1, 0.15) is 11.5 Å². The van der Waals surface area contributed by atoms with Crippen LogP contribution < -0.4 is 20.1 Å². The van der Waals surface area contributed by atoms with Crippen molar-refractivity contribution in [2.75, 3.05) is 26.8 Å². The van der Waals surface area contributed by atoms with Gasteiger partial charge in [0.15, 0.2) is 17.3 Å². The van der Waals surface area contributed by atoms with Crippen LogP contribution in [0.15, 0.2) is 57.9 Å². The maximum absolute atomic E-state index is 10.5. The van der Waals surface area contributed by atoms with Gasteiger partial charge in [-0.1, -0.05) is 24.3 Å². The number of nitrogens with one attached hydrogen (secondary N) is 2. The lowest BCUT2D eigenvalue weighted by atomic mass is 10.1. The van der Waals surface area contributed by atoms with E-state index >= 15 is 0 Å². The molecular weight excluding hydrogens is 394 g/mol. The van der Waals surface area contributed by atoms with E-state index in [0.29, 0.717) is 24.9 Å². The van der Waals surface area contributed by atoms with Gasteiger partial charge in [0.2, 0.25) is 0 Å². The lowest BCUT2D eigenvalue weighted by molar-refractivity contribution is 0.186. The smallest absolute Gasteiger partial charge is 0.191 e. The van der Waals surface area contributed by atoms with Crippen molar-refractivity contribution < 1.29 is 19.0 Å². The zero-order chi connectivity index (χ0) is 22.2. The quantitative estimate of drug-likeness (QED) is 0.352. The van der Waals surface area contributed by atoms with Gasteiger partial charge < -0.3 is 29.6 Å². The van der Waals surface area contributed by atoms with Gasteiger partial charge in [0.25, 0.3) is 0 Å². The molecule has 0 spiro atoms. The zero-order valence-corrected chi connectivity index (χ0v) is 18.5. The number of furan rings is 1. The van der Waals surface area contributed by atoms with Gasteiger partial charge in [0, 0.05) is 11.9 Å². The van der Waals surface area contributed by atoms with E-state index in [4.69, 9.17) is 13.9 Å². The fourth-order valence-electron chi connectivity index (χ4n) is 3.27. The fraction of sp³-hybridized carbons (Fsp3) is 0.375. The molecule has 2 unspecified atom stereocenters. The van der Waals surface area contributed by atoms with Crippen molar-refractivity contribution in [2.45, 2.75) is 32.9 Å². The highest BCUT2D eigenvalue weighted by molar-refractivity contribution is 5.84. The molecule has 0 bridgehead atoms. The van der Waals surface area contributed by atoms with E-state index in [9.17, 15) is 5.11 Å². The van der Waals surface area contributed by atoms with Crippen LogP contribution in [-0.2, 0) is 0 Å². The van der Waals surface area contributed by atoms with E-state index in [1.807, 2.05) is 69.3 Å². The molecule has 7 nitrogen and oxygen atoms in total. The first-order valence-corrected chi connectivity index (χ1v) is 10.6. The SMILES string of the molecule is CCNC(=NCC(O)c1cccc(OC)c1)NC(C)c1cc2cccc(OCC)c2o1. The first-order chi connectivity index (χ1) is 15.0. The van der Waals surface area contributed by atoms with E-state index < -0.39 is 6.10 Å². The maximum Gasteiger partial charge on any atom is 0.191 e. The summed E-state index contributed by atoms with van der Waals surface area (Å²) in [6, 6.07) is 15.1. The molecule has 1 heterocycles. The number of nitrogens with zero attached hydrogens (tertiary/aromatic N) is 1. The number of rotatable bonds is 9. The summed E-state index contributed by atoms with van der Waals surface area (Å²) in [6.07, 6.45) is -0.735. The third kappa shape index (κ3) is 5.70. The number of guanidine groups is 1. The van der Waals surface area contributed by atoms with Crippen LogP contribution in [0.2, 0.25) is 0 Å². The molecule has 1 aromatic heterocycles. The van der Waals surface area contributed by atoms with E-state index in [1.54, 1.807) is 7.11 Å². The molecule has 0 aliphatic carbocycles. The van der Waals surface area contributed by atoms with Crippen molar-refractivity contribution in [1.82, 2.24) is 10.6 Å². The second-order valence-electron chi connectivity index (χ2n) is 7.13. The molecule has 31 heavy (non-hydrogen) atoms. The molecule has 0 amide bonds. The van der Waals surface area contributed by atoms with Crippen LogP contribution in [0.4, 0.5) is 0 Å². The van der Waals surface area contributed by atoms with E-state index in [-0.39, 0.29) is 12.6 Å². The average molecular weight is 426 g/mol. The van der Waals surface area contributed by atoms with E-state index in [1.165, 1.54) is 0 Å². The van der Waals surface area contributed by atoms with Crippen molar-refractivity contribution in [3.8, 4) is 11.5 Å². The number of aliphatic hydroxyl groups excluding tert-OH is 1. The molecule has 0 saturated carbocycles. The van der Waals surface area contributed by atoms with Gasteiger partial charge in [-0.15, -0.1) is 0 Å². The standard InChI is InChI=1S/C24H31N3O4/c1-5-25-24(26-15-20(28)17-9-7-11-19(13-17)29-4)27-16(3)22-14-18-10-8-12-21(30-6-2)23(18)31-22/h7-14,16,20,28H,5-6,15H2,1-4H3,(H2,25,26,27). The van der Waals surface area contributed by atoms with Crippen LogP contribution in [0, 0.1) is 0 Å². The van der Waals surface area contributed by atoms with Crippen molar-refractivity contribution in [1.29, 1.82) is 0 Å². The van der Waals surface area contributed by atoms with E-state index in [2.05, 4.69) is 15.6 Å².